The average Bonchev–Trinajstić information content (AvgIpc) is 2.88. The summed E-state index contributed by atoms with van der Waals surface area (Å²) in [6, 6.07) is 10.7. The first kappa shape index (κ1) is 20.0. The lowest BCUT2D eigenvalue weighted by molar-refractivity contribution is -0.114. The van der Waals surface area contributed by atoms with Crippen LogP contribution < -0.4 is 10.6 Å². The molecule has 27 heavy (non-hydrogen) atoms. The smallest absolute Gasteiger partial charge is 0.266 e. The number of nitrogens with zero attached hydrogens (tertiary/aromatic N) is 2. The molecule has 1 aromatic heterocycles. The quantitative estimate of drug-likeness (QED) is 0.599. The van der Waals surface area contributed by atoms with E-state index in [2.05, 4.69) is 22.1 Å². The van der Waals surface area contributed by atoms with E-state index < -0.39 is 5.91 Å². The molecule has 0 atom stereocenters. The Balaban J connectivity index is 2.19. The molecule has 1 aromatic carbocycles. The van der Waals surface area contributed by atoms with Crippen molar-refractivity contribution in [3.63, 3.8) is 0 Å². The second-order valence-electron chi connectivity index (χ2n) is 6.36. The van der Waals surface area contributed by atoms with E-state index in [0.717, 1.165) is 29.9 Å². The van der Waals surface area contributed by atoms with Crippen molar-refractivity contribution in [3.8, 4) is 6.07 Å². The molecular weight excluding hydrogens is 340 g/mol. The van der Waals surface area contributed by atoms with Crippen LogP contribution >= 0.6 is 0 Å². The molecule has 0 fully saturated rings. The van der Waals surface area contributed by atoms with Gasteiger partial charge < -0.3 is 15.2 Å². The predicted octanol–water partition coefficient (Wildman–Crippen LogP) is 4.02. The Kier molecular flexibility index (Phi) is 6.56. The fraction of sp³-hybridized carbons (Fsp3) is 0.286. The minimum Gasteiger partial charge on any atom is -0.349 e. The molecule has 1 heterocycles. The third kappa shape index (κ3) is 5.08. The van der Waals surface area contributed by atoms with E-state index in [-0.39, 0.29) is 11.5 Å². The van der Waals surface area contributed by atoms with Crippen molar-refractivity contribution < 1.29 is 9.59 Å². The van der Waals surface area contributed by atoms with Crippen LogP contribution in [0.25, 0.3) is 6.08 Å². The van der Waals surface area contributed by atoms with Gasteiger partial charge in [0, 0.05) is 36.2 Å². The number of nitrogens with one attached hydrogen (secondary N) is 2. The fourth-order valence-corrected chi connectivity index (χ4v) is 2.88. The molecular formula is C21H24N4O2. The number of amides is 2. The maximum absolute atomic E-state index is 12.5. The molecule has 140 valence electrons. The Morgan fingerprint density at radius 1 is 1.15 bits per heavy atom. The molecule has 0 saturated heterocycles. The number of carbonyl (C=O) groups excluding carboxylic acids is 2. The van der Waals surface area contributed by atoms with Gasteiger partial charge in [0.25, 0.3) is 5.91 Å². The molecule has 2 amide bonds. The summed E-state index contributed by atoms with van der Waals surface area (Å²) in [4.78, 5) is 23.5. The van der Waals surface area contributed by atoms with E-state index in [1.54, 1.807) is 30.3 Å². The normalized spacial score (nSPS) is 11.0. The highest BCUT2D eigenvalue weighted by molar-refractivity contribution is 6.09. The molecule has 0 unspecified atom stereocenters. The molecule has 0 saturated carbocycles. The van der Waals surface area contributed by atoms with Crippen LogP contribution in [0, 0.1) is 25.2 Å². The van der Waals surface area contributed by atoms with Crippen molar-refractivity contribution in [2.75, 3.05) is 10.6 Å². The van der Waals surface area contributed by atoms with E-state index in [9.17, 15) is 14.9 Å². The number of aryl methyl sites for hydroxylation is 1. The molecule has 2 N–H and O–H groups in total. The number of aromatic nitrogens is 1. The van der Waals surface area contributed by atoms with Gasteiger partial charge in [0.15, 0.2) is 0 Å². The topological polar surface area (TPSA) is 86.9 Å². The maximum atomic E-state index is 12.5. The maximum Gasteiger partial charge on any atom is 0.266 e. The zero-order valence-electron chi connectivity index (χ0n) is 16.1. The Hall–Kier alpha value is -3.33. The highest BCUT2D eigenvalue weighted by Crippen LogP contribution is 2.20. The summed E-state index contributed by atoms with van der Waals surface area (Å²) < 4.78 is 2.18. The van der Waals surface area contributed by atoms with Gasteiger partial charge in [-0.2, -0.15) is 5.26 Å². The first-order valence-corrected chi connectivity index (χ1v) is 8.83. The van der Waals surface area contributed by atoms with Gasteiger partial charge >= 0.3 is 0 Å². The molecule has 0 aliphatic heterocycles. The number of hydrogen-bond donors (Lipinski definition) is 2. The molecule has 0 radical (unpaired) electrons. The van der Waals surface area contributed by atoms with Crippen LogP contribution in [0.3, 0.4) is 0 Å². The van der Waals surface area contributed by atoms with E-state index in [0.29, 0.717) is 11.4 Å². The third-order valence-electron chi connectivity index (χ3n) is 4.19. The van der Waals surface area contributed by atoms with Crippen LogP contribution in [-0.2, 0) is 16.1 Å². The number of anilines is 2. The highest BCUT2D eigenvalue weighted by Gasteiger charge is 2.13. The number of carbonyl (C=O) groups is 2. The van der Waals surface area contributed by atoms with Crippen LogP contribution in [-0.4, -0.2) is 16.4 Å². The van der Waals surface area contributed by atoms with E-state index in [1.807, 2.05) is 26.0 Å². The summed E-state index contributed by atoms with van der Waals surface area (Å²) in [5.74, 6) is -0.632. The Morgan fingerprint density at radius 2 is 1.74 bits per heavy atom. The Morgan fingerprint density at radius 3 is 2.26 bits per heavy atom. The minimum absolute atomic E-state index is 0.0395. The lowest BCUT2D eigenvalue weighted by atomic mass is 10.1. The van der Waals surface area contributed by atoms with Gasteiger partial charge in [-0.1, -0.05) is 6.92 Å². The molecule has 0 bridgehead atoms. The van der Waals surface area contributed by atoms with Crippen molar-refractivity contribution in [2.45, 2.75) is 40.7 Å². The van der Waals surface area contributed by atoms with Gasteiger partial charge in [-0.15, -0.1) is 0 Å². The number of hydrogen-bond acceptors (Lipinski definition) is 3. The van der Waals surface area contributed by atoms with Gasteiger partial charge in [-0.25, -0.2) is 0 Å². The second-order valence-corrected chi connectivity index (χ2v) is 6.36. The van der Waals surface area contributed by atoms with Crippen LogP contribution in [0.1, 0.15) is 37.2 Å². The second kappa shape index (κ2) is 8.86. The zero-order chi connectivity index (χ0) is 20.0. The molecule has 0 aliphatic rings. The minimum atomic E-state index is -0.468. The summed E-state index contributed by atoms with van der Waals surface area (Å²) in [5.41, 5.74) is 4.24. The highest BCUT2D eigenvalue weighted by atomic mass is 16.2. The molecule has 6 nitrogen and oxygen atoms in total. The summed E-state index contributed by atoms with van der Waals surface area (Å²) in [6.07, 6.45) is 2.63. The van der Waals surface area contributed by atoms with Gasteiger partial charge in [-0.3, -0.25) is 9.59 Å². The summed E-state index contributed by atoms with van der Waals surface area (Å²) in [6.45, 7) is 8.45. The number of benzene rings is 1. The monoisotopic (exact) mass is 364 g/mol. The zero-order valence-corrected chi connectivity index (χ0v) is 16.1. The Labute approximate surface area is 159 Å². The van der Waals surface area contributed by atoms with Gasteiger partial charge in [0.05, 0.1) is 0 Å². The fourth-order valence-electron chi connectivity index (χ4n) is 2.88. The molecule has 2 rings (SSSR count). The largest absolute Gasteiger partial charge is 0.349 e. The van der Waals surface area contributed by atoms with Gasteiger partial charge in [0.2, 0.25) is 5.91 Å². The average molecular weight is 364 g/mol. The van der Waals surface area contributed by atoms with Crippen molar-refractivity contribution >= 4 is 29.3 Å². The van der Waals surface area contributed by atoms with Gasteiger partial charge in [-0.05, 0) is 62.2 Å². The predicted molar refractivity (Wildman–Crippen MR) is 107 cm³/mol. The van der Waals surface area contributed by atoms with Crippen molar-refractivity contribution in [1.82, 2.24) is 4.57 Å². The van der Waals surface area contributed by atoms with E-state index in [4.69, 9.17) is 0 Å². The van der Waals surface area contributed by atoms with Crippen LogP contribution in [0.2, 0.25) is 0 Å². The Bertz CT molecular complexity index is 915. The van der Waals surface area contributed by atoms with E-state index >= 15 is 0 Å². The van der Waals surface area contributed by atoms with Crippen molar-refractivity contribution in [3.05, 3.63) is 52.9 Å². The number of rotatable bonds is 6. The van der Waals surface area contributed by atoms with Crippen molar-refractivity contribution in [1.29, 1.82) is 5.26 Å². The molecule has 0 spiro atoms. The summed E-state index contributed by atoms with van der Waals surface area (Å²) >= 11 is 0. The molecule has 6 heteroatoms. The first-order valence-electron chi connectivity index (χ1n) is 8.83. The standard InChI is InChI=1S/C21H24N4O2/c1-5-10-25-14(2)11-17(15(25)3)12-18(13-22)21(27)24-20-8-6-19(7-9-20)23-16(4)26/h6-9,11-12H,5,10H2,1-4H3,(H,23,26)(H,24,27)/b18-12+. The number of nitriles is 1. The summed E-state index contributed by atoms with van der Waals surface area (Å²) in [5, 5.41) is 14.8. The molecule has 0 aliphatic carbocycles. The SMILES string of the molecule is CCCn1c(C)cc(/C=C(\C#N)C(=O)Nc2ccc(NC(C)=O)cc2)c1C. The van der Waals surface area contributed by atoms with E-state index in [1.165, 1.54) is 6.92 Å². The van der Waals surface area contributed by atoms with Crippen LogP contribution in [0.4, 0.5) is 11.4 Å². The third-order valence-corrected chi connectivity index (χ3v) is 4.19. The van der Waals surface area contributed by atoms with Gasteiger partial charge in [0.1, 0.15) is 11.6 Å². The van der Waals surface area contributed by atoms with Crippen molar-refractivity contribution in [2.24, 2.45) is 0 Å². The molecule has 2 aromatic rings. The first-order chi connectivity index (χ1) is 12.8. The van der Waals surface area contributed by atoms with Crippen LogP contribution in [0.15, 0.2) is 35.9 Å². The lowest BCUT2D eigenvalue weighted by Crippen LogP contribution is -2.13. The summed E-state index contributed by atoms with van der Waals surface area (Å²) in [7, 11) is 0. The van der Waals surface area contributed by atoms with Crippen LogP contribution in [0.5, 0.6) is 0 Å². The lowest BCUT2D eigenvalue weighted by Gasteiger charge is -2.08.